The maximum atomic E-state index is 13.1. The number of nitrogens with two attached hydrogens (primary N) is 1. The molecule has 1 saturated carbocycles. The number of amides is 1. The van der Waals surface area contributed by atoms with E-state index >= 15 is 0 Å². The number of primary amides is 1. The molecule has 0 spiro atoms. The minimum atomic E-state index is -0.814. The molecule has 4 nitrogen and oxygen atoms in total. The summed E-state index contributed by atoms with van der Waals surface area (Å²) in [5.41, 5.74) is 7.30. The Morgan fingerprint density at radius 3 is 2.11 bits per heavy atom. The molecule has 1 fully saturated rings. The van der Waals surface area contributed by atoms with Crippen LogP contribution in [0.1, 0.15) is 42.3 Å². The number of hydrogen-bond donors (Lipinski definition) is 1. The van der Waals surface area contributed by atoms with Crippen LogP contribution in [0, 0.1) is 12.8 Å². The quantitative estimate of drug-likeness (QED) is 0.748. The molecule has 0 bridgehead atoms. The molecule has 4 heteroatoms. The zero-order valence-corrected chi connectivity index (χ0v) is 15.6. The standard InChI is InChI=1S/C23H25N3O/c1-17-25-14-15-26(17)21-13-12-20(16-21)23(22(24)27,18-8-4-2-5-9-18)19-10-6-3-7-11-19/h2-11,14-15,20-21H,12-13,16H2,1H3,(H2,24,27)/t20?,21-/m1/s1. The molecule has 0 aliphatic heterocycles. The molecule has 138 valence electrons. The number of hydrogen-bond acceptors (Lipinski definition) is 2. The third kappa shape index (κ3) is 2.85. The van der Waals surface area contributed by atoms with Crippen LogP contribution in [0.5, 0.6) is 0 Å². The van der Waals surface area contributed by atoms with E-state index in [4.69, 9.17) is 5.73 Å². The van der Waals surface area contributed by atoms with E-state index in [1.165, 1.54) is 0 Å². The van der Waals surface area contributed by atoms with Crippen LogP contribution in [0.15, 0.2) is 73.1 Å². The number of aryl methyl sites for hydroxylation is 1. The van der Waals surface area contributed by atoms with Gasteiger partial charge in [0.05, 0.1) is 0 Å². The van der Waals surface area contributed by atoms with Crippen LogP contribution >= 0.6 is 0 Å². The van der Waals surface area contributed by atoms with Gasteiger partial charge < -0.3 is 10.3 Å². The van der Waals surface area contributed by atoms with E-state index in [0.29, 0.717) is 6.04 Å². The summed E-state index contributed by atoms with van der Waals surface area (Å²) in [4.78, 5) is 17.4. The number of carbonyl (C=O) groups is 1. The summed E-state index contributed by atoms with van der Waals surface area (Å²) in [6, 6.07) is 20.4. The largest absolute Gasteiger partial charge is 0.369 e. The van der Waals surface area contributed by atoms with Crippen molar-refractivity contribution >= 4 is 5.91 Å². The van der Waals surface area contributed by atoms with Gasteiger partial charge in [0.25, 0.3) is 0 Å². The third-order valence-electron chi connectivity index (χ3n) is 6.12. The topological polar surface area (TPSA) is 60.9 Å². The second kappa shape index (κ2) is 7.03. The van der Waals surface area contributed by atoms with E-state index in [9.17, 15) is 4.79 Å². The first-order valence-electron chi connectivity index (χ1n) is 9.54. The van der Waals surface area contributed by atoms with E-state index < -0.39 is 5.41 Å². The first-order chi connectivity index (χ1) is 13.1. The molecule has 4 rings (SSSR count). The summed E-state index contributed by atoms with van der Waals surface area (Å²) in [6.07, 6.45) is 6.77. The van der Waals surface area contributed by atoms with E-state index in [0.717, 1.165) is 36.2 Å². The average Bonchev–Trinajstić information content (AvgIpc) is 3.33. The number of imidazole rings is 1. The molecule has 1 heterocycles. The highest BCUT2D eigenvalue weighted by molar-refractivity contribution is 5.91. The van der Waals surface area contributed by atoms with Gasteiger partial charge in [0.15, 0.2) is 0 Å². The lowest BCUT2D eigenvalue weighted by Gasteiger charge is -2.37. The molecule has 1 unspecified atom stereocenters. The SMILES string of the molecule is Cc1nccn1[C@@H]1CCC(C(C(N)=O)(c2ccccc2)c2ccccc2)C1. The maximum Gasteiger partial charge on any atom is 0.232 e. The van der Waals surface area contributed by atoms with Gasteiger partial charge in [-0.3, -0.25) is 4.79 Å². The highest BCUT2D eigenvalue weighted by Gasteiger charge is 2.50. The molecule has 2 atom stereocenters. The van der Waals surface area contributed by atoms with Crippen LogP contribution in [-0.2, 0) is 10.2 Å². The van der Waals surface area contributed by atoms with Crippen molar-refractivity contribution < 1.29 is 4.79 Å². The second-order valence-corrected chi connectivity index (χ2v) is 7.45. The first-order valence-corrected chi connectivity index (χ1v) is 9.54. The Bertz CT molecular complexity index is 878. The molecule has 1 aliphatic rings. The Labute approximate surface area is 160 Å². The van der Waals surface area contributed by atoms with E-state index in [1.54, 1.807) is 0 Å². The Hall–Kier alpha value is -2.88. The van der Waals surface area contributed by atoms with Crippen molar-refractivity contribution in [3.05, 3.63) is 90.0 Å². The monoisotopic (exact) mass is 359 g/mol. The van der Waals surface area contributed by atoms with Crippen molar-refractivity contribution in [2.24, 2.45) is 11.7 Å². The Morgan fingerprint density at radius 2 is 1.63 bits per heavy atom. The lowest BCUT2D eigenvalue weighted by molar-refractivity contribution is -0.123. The van der Waals surface area contributed by atoms with Crippen LogP contribution in [-0.4, -0.2) is 15.5 Å². The molecule has 1 amide bonds. The smallest absolute Gasteiger partial charge is 0.232 e. The highest BCUT2D eigenvalue weighted by Crippen LogP contribution is 2.49. The highest BCUT2D eigenvalue weighted by atomic mass is 16.1. The molecule has 27 heavy (non-hydrogen) atoms. The van der Waals surface area contributed by atoms with E-state index in [1.807, 2.05) is 80.0 Å². The minimum absolute atomic E-state index is 0.145. The predicted molar refractivity (Wildman–Crippen MR) is 106 cm³/mol. The van der Waals surface area contributed by atoms with Crippen molar-refractivity contribution in [1.82, 2.24) is 9.55 Å². The van der Waals surface area contributed by atoms with E-state index in [-0.39, 0.29) is 11.8 Å². The maximum absolute atomic E-state index is 13.1. The molecular weight excluding hydrogens is 334 g/mol. The van der Waals surface area contributed by atoms with Crippen molar-refractivity contribution in [2.45, 2.75) is 37.6 Å². The molecule has 2 N–H and O–H groups in total. The number of rotatable bonds is 5. The van der Waals surface area contributed by atoms with Crippen molar-refractivity contribution in [3.8, 4) is 0 Å². The van der Waals surface area contributed by atoms with Crippen molar-refractivity contribution in [1.29, 1.82) is 0 Å². The van der Waals surface area contributed by atoms with Gasteiger partial charge >= 0.3 is 0 Å². The fourth-order valence-corrected chi connectivity index (χ4v) is 4.90. The van der Waals surface area contributed by atoms with Crippen LogP contribution in [0.25, 0.3) is 0 Å². The molecular formula is C23H25N3O. The Kier molecular flexibility index (Phi) is 4.56. The number of carbonyl (C=O) groups excluding carboxylic acids is 1. The lowest BCUT2D eigenvalue weighted by Crippen LogP contribution is -2.47. The Balaban J connectivity index is 1.82. The summed E-state index contributed by atoms with van der Waals surface area (Å²) in [5, 5.41) is 0. The summed E-state index contributed by atoms with van der Waals surface area (Å²) in [5.74, 6) is 0.893. The normalized spacial score (nSPS) is 19.9. The van der Waals surface area contributed by atoms with Crippen LogP contribution in [0.3, 0.4) is 0 Å². The number of benzene rings is 2. The van der Waals surface area contributed by atoms with Crippen LogP contribution in [0.2, 0.25) is 0 Å². The summed E-state index contributed by atoms with van der Waals surface area (Å²) in [6.45, 7) is 2.03. The zero-order chi connectivity index (χ0) is 18.9. The average molecular weight is 359 g/mol. The fraction of sp³-hybridized carbons (Fsp3) is 0.304. The van der Waals surface area contributed by atoms with Gasteiger partial charge in [-0.05, 0) is 43.2 Å². The number of aromatic nitrogens is 2. The minimum Gasteiger partial charge on any atom is -0.369 e. The van der Waals surface area contributed by atoms with Gasteiger partial charge in [0, 0.05) is 18.4 Å². The van der Waals surface area contributed by atoms with E-state index in [2.05, 4.69) is 9.55 Å². The van der Waals surface area contributed by atoms with Crippen molar-refractivity contribution in [2.75, 3.05) is 0 Å². The second-order valence-electron chi connectivity index (χ2n) is 7.45. The molecule has 2 aromatic carbocycles. The van der Waals surface area contributed by atoms with Crippen molar-refractivity contribution in [3.63, 3.8) is 0 Å². The first kappa shape index (κ1) is 17.5. The molecule has 1 aromatic heterocycles. The lowest BCUT2D eigenvalue weighted by atomic mass is 9.64. The van der Waals surface area contributed by atoms with Crippen LogP contribution in [0.4, 0.5) is 0 Å². The van der Waals surface area contributed by atoms with Gasteiger partial charge in [-0.25, -0.2) is 4.98 Å². The Morgan fingerprint density at radius 1 is 1.04 bits per heavy atom. The van der Waals surface area contributed by atoms with Crippen LogP contribution < -0.4 is 5.73 Å². The zero-order valence-electron chi connectivity index (χ0n) is 15.6. The molecule has 0 saturated heterocycles. The van der Waals surface area contributed by atoms with Gasteiger partial charge in [0.2, 0.25) is 5.91 Å². The summed E-state index contributed by atoms with van der Waals surface area (Å²) >= 11 is 0. The molecule has 0 radical (unpaired) electrons. The third-order valence-corrected chi connectivity index (χ3v) is 6.12. The van der Waals surface area contributed by atoms with Gasteiger partial charge in [0.1, 0.15) is 11.2 Å². The summed E-state index contributed by atoms with van der Waals surface area (Å²) < 4.78 is 2.24. The van der Waals surface area contributed by atoms with Gasteiger partial charge in [-0.15, -0.1) is 0 Å². The van der Waals surface area contributed by atoms with Gasteiger partial charge in [-0.1, -0.05) is 60.7 Å². The fourth-order valence-electron chi connectivity index (χ4n) is 4.90. The number of nitrogens with zero attached hydrogens (tertiary/aromatic N) is 2. The molecule has 1 aliphatic carbocycles. The molecule has 3 aromatic rings. The van der Waals surface area contributed by atoms with Gasteiger partial charge in [-0.2, -0.15) is 0 Å². The summed E-state index contributed by atoms with van der Waals surface area (Å²) in [7, 11) is 0. The predicted octanol–water partition coefficient (Wildman–Crippen LogP) is 4.00.